The first-order valence-electron chi connectivity index (χ1n) is 11.5. The molecule has 1 heterocycles. The summed E-state index contributed by atoms with van der Waals surface area (Å²) >= 11 is 0. The minimum atomic E-state index is -0.498. The fraction of sp³-hybridized carbons (Fsp3) is 0.148. The van der Waals surface area contributed by atoms with Crippen molar-refractivity contribution in [3.05, 3.63) is 84.1 Å². The highest BCUT2D eigenvalue weighted by molar-refractivity contribution is 5.96. The van der Waals surface area contributed by atoms with E-state index in [-0.39, 0.29) is 12.5 Å². The molecular weight excluding hydrogens is 470 g/mol. The lowest BCUT2D eigenvalue weighted by Crippen LogP contribution is -2.31. The molecule has 0 aliphatic rings. The second-order valence-corrected chi connectivity index (χ2v) is 7.75. The molecule has 3 aromatic rings. The molecule has 188 valence electrons. The zero-order chi connectivity index (χ0) is 26.6. The van der Waals surface area contributed by atoms with Crippen LogP contribution in [0.5, 0.6) is 0 Å². The van der Waals surface area contributed by atoms with Gasteiger partial charge in [-0.25, -0.2) is 4.98 Å². The van der Waals surface area contributed by atoms with Gasteiger partial charge in [-0.1, -0.05) is 31.4 Å². The number of aromatic nitrogens is 2. The Kier molecular flexibility index (Phi) is 9.33. The Hall–Kier alpha value is -5.17. The largest absolute Gasteiger partial charge is 0.369 e. The van der Waals surface area contributed by atoms with Crippen molar-refractivity contribution in [2.24, 2.45) is 5.73 Å². The number of benzene rings is 2. The molecule has 0 aliphatic heterocycles. The van der Waals surface area contributed by atoms with Gasteiger partial charge in [0, 0.05) is 29.0 Å². The second-order valence-electron chi connectivity index (χ2n) is 7.75. The van der Waals surface area contributed by atoms with Crippen molar-refractivity contribution in [3.63, 3.8) is 0 Å². The van der Waals surface area contributed by atoms with Gasteiger partial charge < -0.3 is 27.0 Å². The van der Waals surface area contributed by atoms with E-state index in [9.17, 15) is 14.4 Å². The highest BCUT2D eigenvalue weighted by atomic mass is 16.2. The Morgan fingerprint density at radius 3 is 2.57 bits per heavy atom. The lowest BCUT2D eigenvalue weighted by Gasteiger charge is -2.10. The van der Waals surface area contributed by atoms with Gasteiger partial charge in [0.15, 0.2) is 0 Å². The summed E-state index contributed by atoms with van der Waals surface area (Å²) in [6.07, 6.45) is 3.61. The number of carbonyl (C=O) groups excluding carboxylic acids is 3. The Labute approximate surface area is 214 Å². The van der Waals surface area contributed by atoms with E-state index in [1.807, 2.05) is 13.0 Å². The Bertz CT molecular complexity index is 1360. The van der Waals surface area contributed by atoms with Gasteiger partial charge in [0.1, 0.15) is 5.82 Å². The molecule has 0 radical (unpaired) electrons. The molecule has 0 saturated carbocycles. The number of carbonyl (C=O) groups is 3. The Morgan fingerprint density at radius 1 is 1.08 bits per heavy atom. The minimum Gasteiger partial charge on any atom is -0.369 e. The molecule has 1 aromatic heterocycles. The molecule has 0 atom stereocenters. The molecule has 0 aliphatic carbocycles. The standard InChI is InChI=1S/C27H27N7O3/c1-3-14-29-26-20(16-31-27(34-26)33-21-12-10-19(11-13-21)25(28)37)9-8-18-6-5-7-22(15-18)32-24(36)17-30-23(35)4-2/h4-7,10-13,15-16H,2-3,14,17H2,1H3,(H2,28,37)(H,30,35)(H,32,36)(H2,29,31,33,34). The lowest BCUT2D eigenvalue weighted by molar-refractivity contribution is -0.121. The number of nitrogens with zero attached hydrogens (tertiary/aromatic N) is 2. The number of hydrogen-bond donors (Lipinski definition) is 5. The highest BCUT2D eigenvalue weighted by Gasteiger charge is 2.08. The van der Waals surface area contributed by atoms with Crippen molar-refractivity contribution in [1.29, 1.82) is 0 Å². The van der Waals surface area contributed by atoms with E-state index in [4.69, 9.17) is 5.73 Å². The van der Waals surface area contributed by atoms with Crippen molar-refractivity contribution in [2.75, 3.05) is 29.0 Å². The van der Waals surface area contributed by atoms with Gasteiger partial charge in [-0.05, 0) is 55.0 Å². The topological polar surface area (TPSA) is 151 Å². The second kappa shape index (κ2) is 13.1. The van der Waals surface area contributed by atoms with Gasteiger partial charge in [-0.3, -0.25) is 14.4 Å². The van der Waals surface area contributed by atoms with Crippen LogP contribution in [0, 0.1) is 11.8 Å². The van der Waals surface area contributed by atoms with Crippen LogP contribution in [0.25, 0.3) is 0 Å². The number of rotatable bonds is 10. The van der Waals surface area contributed by atoms with Gasteiger partial charge >= 0.3 is 0 Å². The van der Waals surface area contributed by atoms with Crippen LogP contribution >= 0.6 is 0 Å². The quantitative estimate of drug-likeness (QED) is 0.213. The van der Waals surface area contributed by atoms with Crippen LogP contribution in [0.15, 0.2) is 67.4 Å². The van der Waals surface area contributed by atoms with Crippen LogP contribution < -0.4 is 27.0 Å². The van der Waals surface area contributed by atoms with Crippen LogP contribution in [0.2, 0.25) is 0 Å². The fourth-order valence-electron chi connectivity index (χ4n) is 3.02. The summed E-state index contributed by atoms with van der Waals surface area (Å²) in [7, 11) is 0. The molecule has 3 rings (SSSR count). The van der Waals surface area contributed by atoms with Crippen LogP contribution in [-0.4, -0.2) is 40.8 Å². The van der Waals surface area contributed by atoms with E-state index < -0.39 is 11.8 Å². The smallest absolute Gasteiger partial charge is 0.248 e. The van der Waals surface area contributed by atoms with Gasteiger partial charge in [-0.15, -0.1) is 0 Å². The third kappa shape index (κ3) is 8.22. The summed E-state index contributed by atoms with van der Waals surface area (Å²) in [6, 6.07) is 13.7. The first-order chi connectivity index (χ1) is 17.9. The summed E-state index contributed by atoms with van der Waals surface area (Å²) in [5, 5.41) is 11.5. The van der Waals surface area contributed by atoms with E-state index in [1.165, 1.54) is 0 Å². The van der Waals surface area contributed by atoms with Crippen molar-refractivity contribution >= 4 is 40.9 Å². The maximum Gasteiger partial charge on any atom is 0.248 e. The van der Waals surface area contributed by atoms with Crippen molar-refractivity contribution in [3.8, 4) is 11.8 Å². The predicted molar refractivity (Wildman–Crippen MR) is 143 cm³/mol. The van der Waals surface area contributed by atoms with Gasteiger partial charge in [-0.2, -0.15) is 4.98 Å². The molecule has 0 fully saturated rings. The maximum absolute atomic E-state index is 12.0. The monoisotopic (exact) mass is 497 g/mol. The lowest BCUT2D eigenvalue weighted by atomic mass is 10.2. The van der Waals surface area contributed by atoms with E-state index in [1.54, 1.807) is 48.7 Å². The third-order valence-electron chi connectivity index (χ3n) is 4.85. The minimum absolute atomic E-state index is 0.166. The van der Waals surface area contributed by atoms with Gasteiger partial charge in [0.2, 0.25) is 23.7 Å². The number of hydrogen-bond acceptors (Lipinski definition) is 7. The fourth-order valence-corrected chi connectivity index (χ4v) is 3.02. The van der Waals surface area contributed by atoms with Gasteiger partial charge in [0.05, 0.1) is 18.3 Å². The zero-order valence-electron chi connectivity index (χ0n) is 20.3. The number of anilines is 4. The SMILES string of the molecule is C=CC(=O)NCC(=O)Nc1cccc(C#Cc2cnc(Nc3ccc(C(N)=O)cc3)nc2NCCC)c1. The molecule has 6 N–H and O–H groups in total. The summed E-state index contributed by atoms with van der Waals surface area (Å²) < 4.78 is 0. The van der Waals surface area contributed by atoms with Crippen molar-refractivity contribution in [1.82, 2.24) is 15.3 Å². The van der Waals surface area contributed by atoms with Crippen LogP contribution in [0.3, 0.4) is 0 Å². The van der Waals surface area contributed by atoms with Gasteiger partial charge in [0.25, 0.3) is 0 Å². The summed E-state index contributed by atoms with van der Waals surface area (Å²) in [5.41, 5.74) is 8.22. The average Bonchev–Trinajstić information content (AvgIpc) is 2.90. The molecule has 0 saturated heterocycles. The number of nitrogens with one attached hydrogen (secondary N) is 4. The highest BCUT2D eigenvalue weighted by Crippen LogP contribution is 2.18. The van der Waals surface area contributed by atoms with Crippen molar-refractivity contribution < 1.29 is 14.4 Å². The average molecular weight is 498 g/mol. The van der Waals surface area contributed by atoms with Crippen LogP contribution in [0.1, 0.15) is 34.8 Å². The molecule has 0 spiro atoms. The number of primary amides is 1. The molecule has 2 aromatic carbocycles. The van der Waals surface area contributed by atoms with Crippen LogP contribution in [0.4, 0.5) is 23.1 Å². The normalized spacial score (nSPS) is 9.86. The molecular formula is C27H27N7O3. The number of nitrogens with two attached hydrogens (primary N) is 1. The maximum atomic E-state index is 12.0. The number of amides is 3. The predicted octanol–water partition coefficient (Wildman–Crippen LogP) is 2.78. The first-order valence-corrected chi connectivity index (χ1v) is 11.5. The zero-order valence-corrected chi connectivity index (χ0v) is 20.3. The third-order valence-corrected chi connectivity index (χ3v) is 4.85. The summed E-state index contributed by atoms with van der Waals surface area (Å²) in [6.45, 7) is 5.92. The molecule has 0 unspecified atom stereocenters. The van der Waals surface area contributed by atoms with E-state index >= 15 is 0 Å². The summed E-state index contributed by atoms with van der Waals surface area (Å²) in [4.78, 5) is 43.4. The van der Waals surface area contributed by atoms with Crippen molar-refractivity contribution in [2.45, 2.75) is 13.3 Å². The molecule has 10 nitrogen and oxygen atoms in total. The van der Waals surface area contributed by atoms with E-state index in [0.29, 0.717) is 46.4 Å². The van der Waals surface area contributed by atoms with Crippen LogP contribution in [-0.2, 0) is 9.59 Å². The van der Waals surface area contributed by atoms with E-state index in [2.05, 4.69) is 49.7 Å². The molecule has 3 amide bonds. The Morgan fingerprint density at radius 2 is 1.86 bits per heavy atom. The molecule has 10 heteroatoms. The first kappa shape index (κ1) is 26.4. The Balaban J connectivity index is 1.75. The molecule has 0 bridgehead atoms. The molecule has 37 heavy (non-hydrogen) atoms. The van der Waals surface area contributed by atoms with E-state index in [0.717, 1.165) is 12.5 Å². The summed E-state index contributed by atoms with van der Waals surface area (Å²) in [5.74, 6) is 5.79.